The number of piperidine rings is 1. The van der Waals surface area contributed by atoms with E-state index in [0.717, 1.165) is 31.7 Å². The van der Waals surface area contributed by atoms with Gasteiger partial charge in [0.25, 0.3) is 5.91 Å². The maximum absolute atomic E-state index is 13.7. The van der Waals surface area contributed by atoms with Crippen LogP contribution in [0.5, 0.6) is 0 Å². The van der Waals surface area contributed by atoms with Crippen molar-refractivity contribution in [2.24, 2.45) is 0 Å². The summed E-state index contributed by atoms with van der Waals surface area (Å²) in [6.07, 6.45) is -0.726. The molecule has 162 valence electrons. The molecule has 1 N–H and O–H groups in total. The number of hydrogen-bond donors (Lipinski definition) is 1. The molecule has 2 aliphatic heterocycles. The Hall–Kier alpha value is -2.94. The van der Waals surface area contributed by atoms with E-state index < -0.39 is 17.8 Å². The van der Waals surface area contributed by atoms with Crippen molar-refractivity contribution >= 4 is 11.6 Å². The molecular formula is C22H22F3N5O. The third kappa shape index (κ3) is 3.67. The topological polar surface area (TPSA) is 62.5 Å². The van der Waals surface area contributed by atoms with Gasteiger partial charge in [-0.25, -0.2) is 9.50 Å². The van der Waals surface area contributed by atoms with E-state index in [1.54, 1.807) is 30.3 Å². The molecule has 2 unspecified atom stereocenters. The standard InChI is InChI=1S/C22H22F3N5O/c1-29-15-7-8-16(29)10-14(9-15)26-21(31)18-12-20-27-17(13-5-3-2-4-6-13)11-19(22(23,24)25)30(20)28-18/h2-6,11-12,14-16H,7-10H2,1H3,(H,26,31). The average Bonchev–Trinajstić information content (AvgIpc) is 3.24. The molecule has 3 aromatic rings. The highest BCUT2D eigenvalue weighted by Gasteiger charge is 2.39. The molecule has 4 heterocycles. The first-order valence-electron chi connectivity index (χ1n) is 10.4. The van der Waals surface area contributed by atoms with E-state index in [2.05, 4.69) is 27.3 Å². The van der Waals surface area contributed by atoms with Gasteiger partial charge in [-0.15, -0.1) is 0 Å². The summed E-state index contributed by atoms with van der Waals surface area (Å²) in [6, 6.07) is 11.8. The Morgan fingerprint density at radius 2 is 1.77 bits per heavy atom. The van der Waals surface area contributed by atoms with Crippen LogP contribution in [0.25, 0.3) is 16.9 Å². The molecule has 2 bridgehead atoms. The fraction of sp³-hybridized carbons (Fsp3) is 0.409. The first-order chi connectivity index (χ1) is 14.8. The second-order valence-corrected chi connectivity index (χ2v) is 8.38. The van der Waals surface area contributed by atoms with E-state index >= 15 is 0 Å². The molecule has 9 heteroatoms. The van der Waals surface area contributed by atoms with Crippen molar-refractivity contribution in [1.82, 2.24) is 24.8 Å². The largest absolute Gasteiger partial charge is 0.433 e. The molecule has 2 atom stereocenters. The summed E-state index contributed by atoms with van der Waals surface area (Å²) >= 11 is 0. The van der Waals surface area contributed by atoms with E-state index in [4.69, 9.17) is 0 Å². The average molecular weight is 429 g/mol. The van der Waals surface area contributed by atoms with Gasteiger partial charge in [0.2, 0.25) is 0 Å². The second-order valence-electron chi connectivity index (χ2n) is 8.38. The van der Waals surface area contributed by atoms with Crippen molar-refractivity contribution in [3.05, 3.63) is 53.9 Å². The fourth-order valence-electron chi connectivity index (χ4n) is 4.83. The summed E-state index contributed by atoms with van der Waals surface area (Å²) in [4.78, 5) is 19.5. The molecule has 0 aliphatic carbocycles. The molecule has 0 saturated carbocycles. The number of rotatable bonds is 3. The van der Waals surface area contributed by atoms with Crippen LogP contribution in [-0.4, -0.2) is 50.6 Å². The maximum atomic E-state index is 13.7. The number of aromatic nitrogens is 3. The predicted octanol–water partition coefficient (Wildman–Crippen LogP) is 3.77. The third-order valence-electron chi connectivity index (χ3n) is 6.45. The highest BCUT2D eigenvalue weighted by atomic mass is 19.4. The Labute approximate surface area is 177 Å². The number of alkyl halides is 3. The summed E-state index contributed by atoms with van der Waals surface area (Å²) in [5.74, 6) is -0.464. The number of carbonyl (C=O) groups excluding carboxylic acids is 1. The molecule has 6 nitrogen and oxygen atoms in total. The van der Waals surface area contributed by atoms with Crippen molar-refractivity contribution in [1.29, 1.82) is 0 Å². The van der Waals surface area contributed by atoms with Crippen LogP contribution in [0, 0.1) is 0 Å². The molecule has 1 aromatic carbocycles. The van der Waals surface area contributed by atoms with Crippen LogP contribution in [0.4, 0.5) is 13.2 Å². The van der Waals surface area contributed by atoms with Gasteiger partial charge in [0.05, 0.1) is 5.69 Å². The molecule has 1 amide bonds. The van der Waals surface area contributed by atoms with Crippen LogP contribution in [0.3, 0.4) is 0 Å². The van der Waals surface area contributed by atoms with Crippen LogP contribution in [0.15, 0.2) is 42.5 Å². The lowest BCUT2D eigenvalue weighted by Gasteiger charge is -2.36. The number of amides is 1. The molecule has 2 aromatic heterocycles. The zero-order chi connectivity index (χ0) is 21.8. The van der Waals surface area contributed by atoms with Gasteiger partial charge in [-0.3, -0.25) is 4.79 Å². The Kier molecular flexibility index (Phi) is 4.73. The van der Waals surface area contributed by atoms with Crippen LogP contribution in [0.1, 0.15) is 41.9 Å². The van der Waals surface area contributed by atoms with Crippen molar-refractivity contribution in [2.75, 3.05) is 7.05 Å². The Bertz CT molecular complexity index is 1110. The monoisotopic (exact) mass is 429 g/mol. The normalized spacial score (nSPS) is 23.9. The highest BCUT2D eigenvalue weighted by Crippen LogP contribution is 2.35. The van der Waals surface area contributed by atoms with Gasteiger partial charge in [-0.1, -0.05) is 30.3 Å². The smallest absolute Gasteiger partial charge is 0.348 e. The minimum atomic E-state index is -4.64. The predicted molar refractivity (Wildman–Crippen MR) is 108 cm³/mol. The van der Waals surface area contributed by atoms with Crippen molar-refractivity contribution in [3.8, 4) is 11.3 Å². The van der Waals surface area contributed by atoms with Gasteiger partial charge >= 0.3 is 6.18 Å². The fourth-order valence-corrected chi connectivity index (χ4v) is 4.83. The Morgan fingerprint density at radius 3 is 2.42 bits per heavy atom. The minimum absolute atomic E-state index is 0.000868. The molecule has 5 rings (SSSR count). The molecule has 2 saturated heterocycles. The number of nitrogens with zero attached hydrogens (tertiary/aromatic N) is 4. The van der Waals surface area contributed by atoms with E-state index in [1.807, 2.05) is 0 Å². The summed E-state index contributed by atoms with van der Waals surface area (Å²) in [6.45, 7) is 0. The molecule has 0 radical (unpaired) electrons. The summed E-state index contributed by atoms with van der Waals surface area (Å²) in [7, 11) is 2.11. The van der Waals surface area contributed by atoms with E-state index in [9.17, 15) is 18.0 Å². The Balaban J connectivity index is 1.47. The van der Waals surface area contributed by atoms with Crippen LogP contribution in [-0.2, 0) is 6.18 Å². The molecule has 0 spiro atoms. The van der Waals surface area contributed by atoms with Gasteiger partial charge < -0.3 is 10.2 Å². The number of fused-ring (bicyclic) bond motifs is 3. The van der Waals surface area contributed by atoms with Gasteiger partial charge in [0.15, 0.2) is 17.0 Å². The van der Waals surface area contributed by atoms with Crippen molar-refractivity contribution < 1.29 is 18.0 Å². The second kappa shape index (κ2) is 7.33. The number of carbonyl (C=O) groups is 1. The van der Waals surface area contributed by atoms with Gasteiger partial charge in [-0.05, 0) is 38.8 Å². The number of benzene rings is 1. The quantitative estimate of drug-likeness (QED) is 0.689. The van der Waals surface area contributed by atoms with Gasteiger partial charge in [0, 0.05) is 29.8 Å². The van der Waals surface area contributed by atoms with E-state index in [0.29, 0.717) is 22.2 Å². The summed E-state index contributed by atoms with van der Waals surface area (Å²) in [5, 5.41) is 6.93. The molecule has 2 aliphatic rings. The lowest BCUT2D eigenvalue weighted by Crippen LogP contribution is -2.48. The highest BCUT2D eigenvalue weighted by molar-refractivity contribution is 5.93. The molecule has 2 fully saturated rings. The first kappa shape index (κ1) is 20.0. The zero-order valence-electron chi connectivity index (χ0n) is 16.9. The lowest BCUT2D eigenvalue weighted by atomic mass is 9.98. The third-order valence-corrected chi connectivity index (χ3v) is 6.45. The van der Waals surface area contributed by atoms with Crippen molar-refractivity contribution in [2.45, 2.75) is 50.0 Å². The van der Waals surface area contributed by atoms with Crippen LogP contribution >= 0.6 is 0 Å². The summed E-state index contributed by atoms with van der Waals surface area (Å²) < 4.78 is 41.9. The van der Waals surface area contributed by atoms with Crippen molar-refractivity contribution in [3.63, 3.8) is 0 Å². The van der Waals surface area contributed by atoms with E-state index in [1.165, 1.54) is 6.07 Å². The van der Waals surface area contributed by atoms with Gasteiger partial charge in [-0.2, -0.15) is 18.3 Å². The van der Waals surface area contributed by atoms with Crippen LogP contribution < -0.4 is 5.32 Å². The lowest BCUT2D eigenvalue weighted by molar-refractivity contribution is -0.142. The minimum Gasteiger partial charge on any atom is -0.348 e. The zero-order valence-corrected chi connectivity index (χ0v) is 16.9. The van der Waals surface area contributed by atoms with E-state index in [-0.39, 0.29) is 23.1 Å². The molecular weight excluding hydrogens is 407 g/mol. The summed E-state index contributed by atoms with van der Waals surface area (Å²) in [5.41, 5.74) is -0.298. The maximum Gasteiger partial charge on any atom is 0.433 e. The SMILES string of the molecule is CN1C2CCC1CC(NC(=O)c1cc3nc(-c4ccccc4)cc(C(F)(F)F)n3n1)C2. The van der Waals surface area contributed by atoms with Crippen LogP contribution in [0.2, 0.25) is 0 Å². The number of nitrogens with one attached hydrogen (secondary N) is 1. The molecule has 31 heavy (non-hydrogen) atoms. The van der Waals surface area contributed by atoms with Gasteiger partial charge in [0.1, 0.15) is 0 Å². The Morgan fingerprint density at radius 1 is 1.10 bits per heavy atom. The number of hydrogen-bond acceptors (Lipinski definition) is 4. The number of halogens is 3. The first-order valence-corrected chi connectivity index (χ1v) is 10.4.